The number of hydrogen-bond donors (Lipinski definition) is 3. The normalized spacial score (nSPS) is 19.7. The lowest BCUT2D eigenvalue weighted by atomic mass is 9.85. The minimum Gasteiger partial charge on any atom is -0.368 e. The van der Waals surface area contributed by atoms with Gasteiger partial charge < -0.3 is 16.4 Å². The van der Waals surface area contributed by atoms with Gasteiger partial charge in [0, 0.05) is 36.1 Å². The van der Waals surface area contributed by atoms with E-state index in [-0.39, 0.29) is 24.4 Å². The molecule has 2 unspecified atom stereocenters. The molecule has 0 bridgehead atoms. The summed E-state index contributed by atoms with van der Waals surface area (Å²) < 4.78 is 1.48. The first-order valence-electron chi connectivity index (χ1n) is 8.67. The maximum atomic E-state index is 12.6. The second kappa shape index (κ2) is 7.94. The topological polar surface area (TPSA) is 128 Å². The summed E-state index contributed by atoms with van der Waals surface area (Å²) in [4.78, 5) is 31.9. The number of nitrogens with one attached hydrogen (secondary N) is 2. The van der Waals surface area contributed by atoms with Crippen LogP contribution in [-0.2, 0) is 16.1 Å². The zero-order valence-electron chi connectivity index (χ0n) is 14.7. The van der Waals surface area contributed by atoms with Gasteiger partial charge in [-0.05, 0) is 26.2 Å². The third-order valence-electron chi connectivity index (χ3n) is 4.50. The number of nitrogens with two attached hydrogens (primary N) is 1. The largest absolute Gasteiger partial charge is 0.368 e. The van der Waals surface area contributed by atoms with Crippen molar-refractivity contribution in [1.82, 2.24) is 19.7 Å². The molecule has 2 aromatic rings. The van der Waals surface area contributed by atoms with Gasteiger partial charge in [0.15, 0.2) is 5.82 Å². The number of anilines is 2. The van der Waals surface area contributed by atoms with Crippen LogP contribution >= 0.6 is 0 Å². The lowest BCUT2D eigenvalue weighted by molar-refractivity contribution is -0.121. The molecule has 4 N–H and O–H groups in total. The molecule has 2 amide bonds. The minimum atomic E-state index is -0.473. The van der Waals surface area contributed by atoms with Crippen LogP contribution in [0.5, 0.6) is 0 Å². The van der Waals surface area contributed by atoms with Crippen LogP contribution in [0, 0.1) is 12.8 Å². The first kappa shape index (κ1) is 17.8. The van der Waals surface area contributed by atoms with Gasteiger partial charge >= 0.3 is 0 Å². The Morgan fingerprint density at radius 1 is 1.31 bits per heavy atom. The van der Waals surface area contributed by atoms with E-state index in [1.165, 1.54) is 4.68 Å². The van der Waals surface area contributed by atoms with Gasteiger partial charge in [0.2, 0.25) is 11.8 Å². The van der Waals surface area contributed by atoms with Gasteiger partial charge in [0.25, 0.3) is 0 Å². The number of carbonyl (C=O) groups is 2. The zero-order chi connectivity index (χ0) is 18.5. The SMILES string of the molecule is Cc1cc(NC(=O)C2CCCC(Nc3cnccn3)C2)nn1CC(N)=O. The summed E-state index contributed by atoms with van der Waals surface area (Å²) in [5.74, 6) is 0.537. The molecule has 138 valence electrons. The van der Waals surface area contributed by atoms with Crippen molar-refractivity contribution < 1.29 is 9.59 Å². The van der Waals surface area contributed by atoms with E-state index < -0.39 is 5.91 Å². The number of amides is 2. The van der Waals surface area contributed by atoms with Crippen molar-refractivity contribution >= 4 is 23.5 Å². The fourth-order valence-corrected chi connectivity index (χ4v) is 3.25. The molecule has 1 aliphatic rings. The quantitative estimate of drug-likeness (QED) is 0.710. The van der Waals surface area contributed by atoms with Gasteiger partial charge in [-0.3, -0.25) is 19.3 Å². The lowest BCUT2D eigenvalue weighted by Crippen LogP contribution is -2.34. The van der Waals surface area contributed by atoms with Crippen LogP contribution in [0.4, 0.5) is 11.6 Å². The molecule has 1 saturated carbocycles. The van der Waals surface area contributed by atoms with Crippen molar-refractivity contribution in [3.05, 3.63) is 30.4 Å². The number of aryl methyl sites for hydroxylation is 1. The molecule has 2 aromatic heterocycles. The van der Waals surface area contributed by atoms with Crippen molar-refractivity contribution in [2.45, 2.75) is 45.2 Å². The Hall–Kier alpha value is -2.97. The van der Waals surface area contributed by atoms with Crippen LogP contribution in [0.2, 0.25) is 0 Å². The highest BCUT2D eigenvalue weighted by molar-refractivity contribution is 5.91. The number of carbonyl (C=O) groups excluding carboxylic acids is 2. The molecule has 9 nitrogen and oxygen atoms in total. The molecule has 9 heteroatoms. The third-order valence-corrected chi connectivity index (χ3v) is 4.50. The van der Waals surface area contributed by atoms with Crippen LogP contribution in [0.25, 0.3) is 0 Å². The summed E-state index contributed by atoms with van der Waals surface area (Å²) in [6.07, 6.45) is 8.46. The van der Waals surface area contributed by atoms with Gasteiger partial charge in [-0.15, -0.1) is 0 Å². The average molecular weight is 357 g/mol. The monoisotopic (exact) mass is 357 g/mol. The van der Waals surface area contributed by atoms with E-state index >= 15 is 0 Å². The van der Waals surface area contributed by atoms with Gasteiger partial charge in [-0.2, -0.15) is 5.10 Å². The molecule has 0 aliphatic heterocycles. The highest BCUT2D eigenvalue weighted by atomic mass is 16.2. The Labute approximate surface area is 151 Å². The van der Waals surface area contributed by atoms with E-state index in [4.69, 9.17) is 5.73 Å². The Morgan fingerprint density at radius 2 is 2.15 bits per heavy atom. The van der Waals surface area contributed by atoms with Crippen LogP contribution in [0.1, 0.15) is 31.4 Å². The van der Waals surface area contributed by atoms with Crippen molar-refractivity contribution in [3.63, 3.8) is 0 Å². The number of aromatic nitrogens is 4. The first-order chi connectivity index (χ1) is 12.5. The third kappa shape index (κ3) is 4.56. The summed E-state index contributed by atoms with van der Waals surface area (Å²) in [7, 11) is 0. The van der Waals surface area contributed by atoms with Crippen molar-refractivity contribution in [1.29, 1.82) is 0 Å². The Morgan fingerprint density at radius 3 is 2.88 bits per heavy atom. The standard InChI is InChI=1S/C17H23N7O2/c1-11-7-15(23-24(11)10-14(18)25)22-17(26)12-3-2-4-13(8-12)21-16-9-19-5-6-20-16/h5-7,9,12-13H,2-4,8,10H2,1H3,(H2,18,25)(H,20,21)(H,22,23,26). The average Bonchev–Trinajstić information content (AvgIpc) is 2.94. The lowest BCUT2D eigenvalue weighted by Gasteiger charge is -2.29. The molecule has 3 rings (SSSR count). The molecule has 1 aliphatic carbocycles. The van der Waals surface area contributed by atoms with Crippen LogP contribution in [-0.4, -0.2) is 37.6 Å². The van der Waals surface area contributed by atoms with E-state index in [0.717, 1.165) is 37.2 Å². The predicted octanol–water partition coefficient (Wildman–Crippen LogP) is 1.08. The Kier molecular flexibility index (Phi) is 5.45. The molecule has 1 fully saturated rings. The maximum Gasteiger partial charge on any atom is 0.239 e. The predicted molar refractivity (Wildman–Crippen MR) is 96.2 cm³/mol. The molecule has 0 spiro atoms. The van der Waals surface area contributed by atoms with E-state index in [9.17, 15) is 9.59 Å². The summed E-state index contributed by atoms with van der Waals surface area (Å²) in [6, 6.07) is 1.92. The summed E-state index contributed by atoms with van der Waals surface area (Å²) in [6.45, 7) is 1.81. The molecule has 0 aromatic carbocycles. The van der Waals surface area contributed by atoms with E-state index in [1.807, 2.05) is 6.92 Å². The highest BCUT2D eigenvalue weighted by Gasteiger charge is 2.28. The van der Waals surface area contributed by atoms with Crippen LogP contribution in [0.3, 0.4) is 0 Å². The fraction of sp³-hybridized carbons (Fsp3) is 0.471. The van der Waals surface area contributed by atoms with E-state index in [2.05, 4.69) is 25.7 Å². The Balaban J connectivity index is 1.58. The van der Waals surface area contributed by atoms with E-state index in [0.29, 0.717) is 5.82 Å². The molecule has 2 atom stereocenters. The number of nitrogens with zero attached hydrogens (tertiary/aromatic N) is 4. The summed E-state index contributed by atoms with van der Waals surface area (Å²) >= 11 is 0. The molecule has 0 radical (unpaired) electrons. The van der Waals surface area contributed by atoms with Crippen LogP contribution < -0.4 is 16.4 Å². The Bertz CT molecular complexity index is 775. The molecular formula is C17H23N7O2. The number of rotatable bonds is 6. The summed E-state index contributed by atoms with van der Waals surface area (Å²) in [5, 5.41) is 10.4. The van der Waals surface area contributed by atoms with Crippen molar-refractivity contribution in [2.75, 3.05) is 10.6 Å². The number of primary amides is 1. The summed E-state index contributed by atoms with van der Waals surface area (Å²) in [5.41, 5.74) is 5.96. The maximum absolute atomic E-state index is 12.6. The first-order valence-corrected chi connectivity index (χ1v) is 8.67. The minimum absolute atomic E-state index is 0.00472. The second-order valence-electron chi connectivity index (χ2n) is 6.58. The molecule has 0 saturated heterocycles. The van der Waals surface area contributed by atoms with Crippen LogP contribution in [0.15, 0.2) is 24.7 Å². The van der Waals surface area contributed by atoms with Crippen molar-refractivity contribution in [3.8, 4) is 0 Å². The molecule has 2 heterocycles. The van der Waals surface area contributed by atoms with Gasteiger partial charge in [-0.25, -0.2) is 4.98 Å². The highest BCUT2D eigenvalue weighted by Crippen LogP contribution is 2.27. The zero-order valence-corrected chi connectivity index (χ0v) is 14.7. The van der Waals surface area contributed by atoms with E-state index in [1.54, 1.807) is 24.7 Å². The van der Waals surface area contributed by atoms with Gasteiger partial charge in [-0.1, -0.05) is 6.42 Å². The van der Waals surface area contributed by atoms with Crippen molar-refractivity contribution in [2.24, 2.45) is 11.7 Å². The smallest absolute Gasteiger partial charge is 0.239 e. The fourth-order valence-electron chi connectivity index (χ4n) is 3.25. The second-order valence-corrected chi connectivity index (χ2v) is 6.58. The molecular weight excluding hydrogens is 334 g/mol. The van der Waals surface area contributed by atoms with Gasteiger partial charge in [0.05, 0.1) is 6.20 Å². The molecule has 26 heavy (non-hydrogen) atoms. The van der Waals surface area contributed by atoms with Gasteiger partial charge in [0.1, 0.15) is 12.4 Å². The number of hydrogen-bond acceptors (Lipinski definition) is 6.